The number of hydrogen-bond donors (Lipinski definition) is 3. The largest absolute Gasteiger partial charge is 0.409 e. The first-order valence-corrected chi connectivity index (χ1v) is 6.54. The summed E-state index contributed by atoms with van der Waals surface area (Å²) in [6.07, 6.45) is 0. The van der Waals surface area contributed by atoms with E-state index in [4.69, 9.17) is 20.4 Å². The summed E-state index contributed by atoms with van der Waals surface area (Å²) in [6, 6.07) is 5.72. The molecule has 0 aliphatic heterocycles. The van der Waals surface area contributed by atoms with Crippen LogP contribution in [0.2, 0.25) is 0 Å². The first kappa shape index (κ1) is 16.4. The molecule has 0 aliphatic rings. The predicted molar refractivity (Wildman–Crippen MR) is 78.1 cm³/mol. The lowest BCUT2D eigenvalue weighted by atomic mass is 10.0. The smallest absolute Gasteiger partial charge is 0.170 e. The molecule has 1 aromatic rings. The standard InChI is InChI=1S/C14H23N3O3/c1-11-9-12(14(15)17-18)3-4-13(11)10-16-5-6-20-8-7-19-2/h3-4,9,16,18H,5-8,10H2,1-2H3,(H2,15,17). The SMILES string of the molecule is COCCOCCNCc1ccc(/C(N)=N/O)cc1C. The Morgan fingerprint density at radius 1 is 1.35 bits per heavy atom. The van der Waals surface area contributed by atoms with Crippen LogP contribution in [-0.4, -0.2) is 44.5 Å². The van der Waals surface area contributed by atoms with Gasteiger partial charge in [-0.3, -0.25) is 0 Å². The van der Waals surface area contributed by atoms with E-state index < -0.39 is 0 Å². The first-order chi connectivity index (χ1) is 9.69. The van der Waals surface area contributed by atoms with Crippen molar-refractivity contribution < 1.29 is 14.7 Å². The third-order valence-electron chi connectivity index (χ3n) is 2.92. The van der Waals surface area contributed by atoms with Gasteiger partial charge in [0.05, 0.1) is 19.8 Å². The lowest BCUT2D eigenvalue weighted by Gasteiger charge is -2.10. The number of nitrogens with one attached hydrogen (secondary N) is 1. The highest BCUT2D eigenvalue weighted by Gasteiger charge is 2.03. The number of amidine groups is 1. The molecule has 1 rings (SSSR count). The average Bonchev–Trinajstić information content (AvgIpc) is 2.46. The van der Waals surface area contributed by atoms with E-state index in [0.717, 1.165) is 24.2 Å². The van der Waals surface area contributed by atoms with E-state index in [0.29, 0.717) is 19.8 Å². The van der Waals surface area contributed by atoms with Crippen LogP contribution < -0.4 is 11.1 Å². The number of rotatable bonds is 9. The quantitative estimate of drug-likeness (QED) is 0.205. The Morgan fingerprint density at radius 3 is 2.80 bits per heavy atom. The monoisotopic (exact) mass is 281 g/mol. The number of hydrogen-bond acceptors (Lipinski definition) is 5. The molecule has 0 amide bonds. The molecule has 0 radical (unpaired) electrons. The van der Waals surface area contributed by atoms with Gasteiger partial charge in [0, 0.05) is 25.8 Å². The topological polar surface area (TPSA) is 89.1 Å². The van der Waals surface area contributed by atoms with E-state index in [1.165, 1.54) is 5.56 Å². The van der Waals surface area contributed by atoms with Crippen LogP contribution in [0.25, 0.3) is 0 Å². The van der Waals surface area contributed by atoms with Crippen LogP contribution in [0.3, 0.4) is 0 Å². The summed E-state index contributed by atoms with van der Waals surface area (Å²) in [4.78, 5) is 0. The highest BCUT2D eigenvalue weighted by atomic mass is 16.5. The fraction of sp³-hybridized carbons (Fsp3) is 0.500. The molecular formula is C14H23N3O3. The first-order valence-electron chi connectivity index (χ1n) is 6.54. The lowest BCUT2D eigenvalue weighted by Crippen LogP contribution is -2.21. The van der Waals surface area contributed by atoms with E-state index in [9.17, 15) is 0 Å². The molecule has 0 aliphatic carbocycles. The van der Waals surface area contributed by atoms with Crippen LogP contribution >= 0.6 is 0 Å². The van der Waals surface area contributed by atoms with Gasteiger partial charge in [0.1, 0.15) is 0 Å². The molecule has 0 saturated heterocycles. The molecule has 1 aromatic carbocycles. The Kier molecular flexibility index (Phi) is 7.64. The van der Waals surface area contributed by atoms with Crippen molar-refractivity contribution in [1.29, 1.82) is 0 Å². The lowest BCUT2D eigenvalue weighted by molar-refractivity contribution is 0.0719. The number of aryl methyl sites for hydroxylation is 1. The maximum Gasteiger partial charge on any atom is 0.170 e. The highest BCUT2D eigenvalue weighted by molar-refractivity contribution is 5.97. The zero-order valence-corrected chi connectivity index (χ0v) is 12.1. The van der Waals surface area contributed by atoms with Crippen LogP contribution in [0.5, 0.6) is 0 Å². The number of benzene rings is 1. The Balaban J connectivity index is 2.34. The number of methoxy groups -OCH3 is 1. The molecule has 0 spiro atoms. The maximum absolute atomic E-state index is 8.64. The Hall–Kier alpha value is -1.63. The van der Waals surface area contributed by atoms with Crippen LogP contribution in [0, 0.1) is 6.92 Å². The molecule has 0 fully saturated rings. The third kappa shape index (κ3) is 5.56. The molecule has 0 heterocycles. The molecule has 6 nitrogen and oxygen atoms in total. The molecule has 112 valence electrons. The number of nitrogens with two attached hydrogens (primary N) is 1. The van der Waals surface area contributed by atoms with Crippen LogP contribution in [0.4, 0.5) is 0 Å². The van der Waals surface area contributed by atoms with Crippen molar-refractivity contribution in [1.82, 2.24) is 5.32 Å². The summed E-state index contributed by atoms with van der Waals surface area (Å²) < 4.78 is 10.2. The zero-order chi connectivity index (χ0) is 14.8. The van der Waals surface area contributed by atoms with Crippen molar-refractivity contribution in [3.8, 4) is 0 Å². The summed E-state index contributed by atoms with van der Waals surface area (Å²) in [5.41, 5.74) is 8.55. The highest BCUT2D eigenvalue weighted by Crippen LogP contribution is 2.10. The van der Waals surface area contributed by atoms with Crippen molar-refractivity contribution in [2.24, 2.45) is 10.9 Å². The Labute approximate surface area is 119 Å². The fourth-order valence-corrected chi connectivity index (χ4v) is 1.72. The minimum atomic E-state index is 0.124. The molecule has 20 heavy (non-hydrogen) atoms. The average molecular weight is 281 g/mol. The van der Waals surface area contributed by atoms with Gasteiger partial charge >= 0.3 is 0 Å². The van der Waals surface area contributed by atoms with Crippen molar-refractivity contribution in [2.75, 3.05) is 33.5 Å². The van der Waals surface area contributed by atoms with Gasteiger partial charge in [0.25, 0.3) is 0 Å². The minimum Gasteiger partial charge on any atom is -0.409 e. The van der Waals surface area contributed by atoms with E-state index >= 15 is 0 Å². The van der Waals surface area contributed by atoms with Gasteiger partial charge in [0.2, 0.25) is 0 Å². The van der Waals surface area contributed by atoms with Gasteiger partial charge in [-0.1, -0.05) is 17.3 Å². The van der Waals surface area contributed by atoms with Gasteiger partial charge in [-0.05, 0) is 24.1 Å². The van der Waals surface area contributed by atoms with Gasteiger partial charge in [-0.15, -0.1) is 0 Å². The molecule has 0 unspecified atom stereocenters. The van der Waals surface area contributed by atoms with Gasteiger partial charge in [-0.25, -0.2) is 0 Å². The predicted octanol–water partition coefficient (Wildman–Crippen LogP) is 0.842. The maximum atomic E-state index is 8.64. The van der Waals surface area contributed by atoms with Crippen LogP contribution in [-0.2, 0) is 16.0 Å². The minimum absolute atomic E-state index is 0.124. The van der Waals surface area contributed by atoms with E-state index in [1.54, 1.807) is 7.11 Å². The third-order valence-corrected chi connectivity index (χ3v) is 2.92. The van der Waals surface area contributed by atoms with Crippen molar-refractivity contribution >= 4 is 5.84 Å². The summed E-state index contributed by atoms with van der Waals surface area (Å²) in [6.45, 7) is 5.44. The second kappa shape index (κ2) is 9.30. The van der Waals surface area contributed by atoms with Crippen LogP contribution in [0.1, 0.15) is 16.7 Å². The molecule has 0 bridgehead atoms. The number of oxime groups is 1. The van der Waals surface area contributed by atoms with Gasteiger partial charge in [0.15, 0.2) is 5.84 Å². The fourth-order valence-electron chi connectivity index (χ4n) is 1.72. The van der Waals surface area contributed by atoms with Crippen molar-refractivity contribution in [3.63, 3.8) is 0 Å². The zero-order valence-electron chi connectivity index (χ0n) is 12.1. The molecule has 6 heteroatoms. The molecule has 4 N–H and O–H groups in total. The summed E-state index contributed by atoms with van der Waals surface area (Å²) in [5.74, 6) is 0.124. The molecule has 0 saturated carbocycles. The second-order valence-electron chi connectivity index (χ2n) is 4.41. The summed E-state index contributed by atoms with van der Waals surface area (Å²) in [7, 11) is 1.66. The van der Waals surface area contributed by atoms with Gasteiger partial charge in [-0.2, -0.15) is 0 Å². The summed E-state index contributed by atoms with van der Waals surface area (Å²) in [5, 5.41) is 14.9. The van der Waals surface area contributed by atoms with Crippen LogP contribution in [0.15, 0.2) is 23.4 Å². The molecule has 0 atom stereocenters. The van der Waals surface area contributed by atoms with Gasteiger partial charge < -0.3 is 25.7 Å². The Morgan fingerprint density at radius 2 is 2.15 bits per heavy atom. The molecule has 0 aromatic heterocycles. The molecular weight excluding hydrogens is 258 g/mol. The van der Waals surface area contributed by atoms with Crippen molar-refractivity contribution in [3.05, 3.63) is 34.9 Å². The normalized spacial score (nSPS) is 11.8. The Bertz CT molecular complexity index is 436. The summed E-state index contributed by atoms with van der Waals surface area (Å²) >= 11 is 0. The van der Waals surface area contributed by atoms with E-state index in [-0.39, 0.29) is 5.84 Å². The number of ether oxygens (including phenoxy) is 2. The second-order valence-corrected chi connectivity index (χ2v) is 4.41. The number of nitrogens with zero attached hydrogens (tertiary/aromatic N) is 1. The van der Waals surface area contributed by atoms with Crippen molar-refractivity contribution in [2.45, 2.75) is 13.5 Å². The van der Waals surface area contributed by atoms with E-state index in [2.05, 4.69) is 10.5 Å². The van der Waals surface area contributed by atoms with E-state index in [1.807, 2.05) is 25.1 Å².